The van der Waals surface area contributed by atoms with Gasteiger partial charge < -0.3 is 19.1 Å². The third-order valence-corrected chi connectivity index (χ3v) is 4.46. The van der Waals surface area contributed by atoms with Crippen molar-refractivity contribution in [1.82, 2.24) is 15.1 Å². The summed E-state index contributed by atoms with van der Waals surface area (Å²) in [6, 6.07) is 7.56. The number of halogens is 1. The molecule has 0 spiro atoms. The Kier molecular flexibility index (Phi) is 4.39. The maximum Gasteiger partial charge on any atom is 0.321 e. The molecule has 134 valence electrons. The van der Waals surface area contributed by atoms with Crippen molar-refractivity contribution in [1.29, 1.82) is 0 Å². The fourth-order valence-corrected chi connectivity index (χ4v) is 2.99. The Morgan fingerprint density at radius 2 is 2.00 bits per heavy atom. The fourth-order valence-electron chi connectivity index (χ4n) is 2.99. The highest BCUT2D eigenvalue weighted by atomic mass is 19.1. The van der Waals surface area contributed by atoms with E-state index in [1.807, 2.05) is 0 Å². The molecule has 4 rings (SSSR count). The summed E-state index contributed by atoms with van der Waals surface area (Å²) in [4.78, 5) is 14.0. The second-order valence-corrected chi connectivity index (χ2v) is 6.13. The minimum Gasteiger partial charge on any atom is -0.472 e. The largest absolute Gasteiger partial charge is 0.472 e. The minimum atomic E-state index is -0.451. The van der Waals surface area contributed by atoms with Crippen LogP contribution in [0.5, 0.6) is 0 Å². The predicted octanol–water partition coefficient (Wildman–Crippen LogP) is 3.88. The van der Waals surface area contributed by atoms with Gasteiger partial charge in [-0.3, -0.25) is 0 Å². The molecule has 7 nitrogen and oxygen atoms in total. The quantitative estimate of drug-likeness (QED) is 0.770. The van der Waals surface area contributed by atoms with Gasteiger partial charge in [-0.05, 0) is 31.0 Å². The zero-order valence-electron chi connectivity index (χ0n) is 13.9. The molecule has 1 fully saturated rings. The van der Waals surface area contributed by atoms with Crippen molar-refractivity contribution in [2.24, 2.45) is 0 Å². The standard InChI is InChI=1S/C18H17FN4O3/c19-14-3-1-2-4-15(14)20-18(24)23-8-5-12(6-9-23)16-21-22-17(26-16)13-7-10-25-11-13/h1-4,7,10-12H,5-6,8-9H2,(H,20,24). The molecule has 26 heavy (non-hydrogen) atoms. The van der Waals surface area contributed by atoms with E-state index in [0.717, 1.165) is 5.56 Å². The van der Waals surface area contributed by atoms with Gasteiger partial charge in [-0.1, -0.05) is 12.1 Å². The Balaban J connectivity index is 1.35. The first-order chi connectivity index (χ1) is 12.7. The van der Waals surface area contributed by atoms with Gasteiger partial charge in [-0.15, -0.1) is 10.2 Å². The number of para-hydroxylation sites is 1. The maximum absolute atomic E-state index is 13.7. The second-order valence-electron chi connectivity index (χ2n) is 6.13. The van der Waals surface area contributed by atoms with E-state index in [9.17, 15) is 9.18 Å². The number of aromatic nitrogens is 2. The highest BCUT2D eigenvalue weighted by Gasteiger charge is 2.28. The van der Waals surface area contributed by atoms with E-state index in [-0.39, 0.29) is 17.6 Å². The van der Waals surface area contributed by atoms with Gasteiger partial charge in [0.25, 0.3) is 5.89 Å². The monoisotopic (exact) mass is 356 g/mol. The summed E-state index contributed by atoms with van der Waals surface area (Å²) < 4.78 is 24.4. The molecule has 1 aromatic carbocycles. The van der Waals surface area contributed by atoms with E-state index in [1.54, 1.807) is 35.6 Å². The lowest BCUT2D eigenvalue weighted by Gasteiger charge is -2.30. The Labute approximate surface area is 148 Å². The third kappa shape index (κ3) is 3.30. The van der Waals surface area contributed by atoms with Gasteiger partial charge in [-0.2, -0.15) is 0 Å². The number of piperidine rings is 1. The summed E-state index contributed by atoms with van der Waals surface area (Å²) in [6.45, 7) is 1.07. The van der Waals surface area contributed by atoms with Crippen LogP contribution in [0.25, 0.3) is 11.5 Å². The highest BCUT2D eigenvalue weighted by Crippen LogP contribution is 2.29. The van der Waals surface area contributed by atoms with E-state index in [0.29, 0.717) is 37.7 Å². The first-order valence-corrected chi connectivity index (χ1v) is 8.37. The van der Waals surface area contributed by atoms with E-state index in [2.05, 4.69) is 15.5 Å². The lowest BCUT2D eigenvalue weighted by Crippen LogP contribution is -2.40. The van der Waals surface area contributed by atoms with Crippen LogP contribution in [-0.2, 0) is 0 Å². The molecule has 0 saturated carbocycles. The lowest BCUT2D eigenvalue weighted by molar-refractivity contribution is 0.190. The molecule has 3 heterocycles. The molecule has 8 heteroatoms. The zero-order chi connectivity index (χ0) is 17.9. The van der Waals surface area contributed by atoms with E-state index in [4.69, 9.17) is 8.83 Å². The minimum absolute atomic E-state index is 0.0978. The van der Waals surface area contributed by atoms with Crippen molar-refractivity contribution in [3.05, 3.63) is 54.6 Å². The summed E-state index contributed by atoms with van der Waals surface area (Å²) in [5.41, 5.74) is 0.923. The molecule has 0 unspecified atom stereocenters. The molecular formula is C18H17FN4O3. The highest BCUT2D eigenvalue weighted by molar-refractivity contribution is 5.89. The summed E-state index contributed by atoms with van der Waals surface area (Å²) in [5, 5.41) is 10.8. The summed E-state index contributed by atoms with van der Waals surface area (Å²) in [7, 11) is 0. The van der Waals surface area contributed by atoms with Crippen LogP contribution >= 0.6 is 0 Å². The van der Waals surface area contributed by atoms with Crippen molar-refractivity contribution >= 4 is 11.7 Å². The van der Waals surface area contributed by atoms with Gasteiger partial charge in [-0.25, -0.2) is 9.18 Å². The molecule has 1 aliphatic rings. The third-order valence-electron chi connectivity index (χ3n) is 4.46. The Morgan fingerprint density at radius 1 is 1.19 bits per heavy atom. The summed E-state index contributed by atoms with van der Waals surface area (Å²) in [5.74, 6) is 0.637. The van der Waals surface area contributed by atoms with Crippen molar-refractivity contribution < 1.29 is 18.0 Å². The number of nitrogens with zero attached hydrogens (tertiary/aromatic N) is 3. The molecule has 0 radical (unpaired) electrons. The molecular weight excluding hydrogens is 339 g/mol. The van der Waals surface area contributed by atoms with Crippen LogP contribution in [-0.4, -0.2) is 34.2 Å². The normalized spacial score (nSPS) is 15.2. The molecule has 2 aromatic heterocycles. The van der Waals surface area contributed by atoms with Gasteiger partial charge in [0.05, 0.1) is 17.5 Å². The van der Waals surface area contributed by atoms with Gasteiger partial charge in [0.1, 0.15) is 12.1 Å². The van der Waals surface area contributed by atoms with Crippen molar-refractivity contribution in [3.63, 3.8) is 0 Å². The number of nitrogens with one attached hydrogen (secondary N) is 1. The first-order valence-electron chi connectivity index (χ1n) is 8.37. The predicted molar refractivity (Wildman–Crippen MR) is 91.0 cm³/mol. The van der Waals surface area contributed by atoms with E-state index in [1.165, 1.54) is 12.1 Å². The van der Waals surface area contributed by atoms with Crippen molar-refractivity contribution in [2.45, 2.75) is 18.8 Å². The van der Waals surface area contributed by atoms with Crippen LogP contribution in [0.3, 0.4) is 0 Å². The number of carbonyl (C=O) groups is 1. The van der Waals surface area contributed by atoms with Gasteiger partial charge >= 0.3 is 6.03 Å². The number of anilines is 1. The molecule has 1 N–H and O–H groups in total. The smallest absolute Gasteiger partial charge is 0.321 e. The van der Waals surface area contributed by atoms with Crippen molar-refractivity contribution in [2.75, 3.05) is 18.4 Å². The van der Waals surface area contributed by atoms with E-state index < -0.39 is 5.82 Å². The average Bonchev–Trinajstić information content (AvgIpc) is 3.35. The molecule has 1 saturated heterocycles. The van der Waals surface area contributed by atoms with E-state index >= 15 is 0 Å². The SMILES string of the molecule is O=C(Nc1ccccc1F)N1CCC(c2nnc(-c3ccoc3)o2)CC1. The summed E-state index contributed by atoms with van der Waals surface area (Å²) >= 11 is 0. The number of amides is 2. The van der Waals surface area contributed by atoms with Crippen molar-refractivity contribution in [3.8, 4) is 11.5 Å². The van der Waals surface area contributed by atoms with Crippen LogP contribution in [0.2, 0.25) is 0 Å². The Bertz CT molecular complexity index is 885. The Hall–Kier alpha value is -3.16. The van der Waals surface area contributed by atoms with Gasteiger partial charge in [0, 0.05) is 19.0 Å². The van der Waals surface area contributed by atoms with Crippen LogP contribution in [0.1, 0.15) is 24.7 Å². The Morgan fingerprint density at radius 3 is 2.73 bits per heavy atom. The van der Waals surface area contributed by atoms with Gasteiger partial charge in [0.2, 0.25) is 5.89 Å². The number of rotatable bonds is 3. The first kappa shape index (κ1) is 16.3. The number of furan rings is 1. The van der Waals surface area contributed by atoms with Gasteiger partial charge in [0.15, 0.2) is 0 Å². The number of hydrogen-bond acceptors (Lipinski definition) is 5. The number of likely N-dealkylation sites (tertiary alicyclic amines) is 1. The summed E-state index contributed by atoms with van der Waals surface area (Å²) in [6.07, 6.45) is 4.51. The van der Waals surface area contributed by atoms with Crippen LogP contribution in [0, 0.1) is 5.82 Å². The molecule has 1 aliphatic heterocycles. The number of hydrogen-bond donors (Lipinski definition) is 1. The number of urea groups is 1. The topological polar surface area (TPSA) is 84.4 Å². The second kappa shape index (κ2) is 6.99. The molecule has 3 aromatic rings. The molecule has 0 aliphatic carbocycles. The molecule has 0 atom stereocenters. The molecule has 0 bridgehead atoms. The average molecular weight is 356 g/mol. The number of benzene rings is 1. The molecule has 2 amide bonds. The maximum atomic E-state index is 13.7. The zero-order valence-corrected chi connectivity index (χ0v) is 13.9. The van der Waals surface area contributed by atoms with Crippen LogP contribution in [0.4, 0.5) is 14.9 Å². The lowest BCUT2D eigenvalue weighted by atomic mass is 9.97. The van der Waals surface area contributed by atoms with Crippen LogP contribution < -0.4 is 5.32 Å². The fraction of sp³-hybridized carbons (Fsp3) is 0.278. The van der Waals surface area contributed by atoms with Crippen LogP contribution in [0.15, 0.2) is 51.7 Å². The number of carbonyl (C=O) groups excluding carboxylic acids is 1.